The molecule has 2 heterocycles. The van der Waals surface area contributed by atoms with Crippen LogP contribution in [0, 0.1) is 11.6 Å². The zero-order valence-electron chi connectivity index (χ0n) is 23.6. The number of sulfonamides is 1. The van der Waals surface area contributed by atoms with Crippen molar-refractivity contribution >= 4 is 67.1 Å². The fourth-order valence-electron chi connectivity index (χ4n) is 5.37. The molecule has 13 heteroatoms. The lowest BCUT2D eigenvalue weighted by Gasteiger charge is -2.16. The number of benzene rings is 3. The maximum absolute atomic E-state index is 14.9. The van der Waals surface area contributed by atoms with Crippen molar-refractivity contribution in [1.82, 2.24) is 9.29 Å². The molecule has 0 spiro atoms. The first kappa shape index (κ1) is 30.1. The van der Waals surface area contributed by atoms with Crippen LogP contribution in [0.1, 0.15) is 41.4 Å². The van der Waals surface area contributed by atoms with Gasteiger partial charge in [-0.15, -0.1) is 0 Å². The molecular weight excluding hydrogens is 626 g/mol. The van der Waals surface area contributed by atoms with Crippen molar-refractivity contribution in [3.63, 3.8) is 0 Å². The third-order valence-corrected chi connectivity index (χ3v) is 8.93. The maximum Gasteiger partial charge on any atom is 0.282 e. The van der Waals surface area contributed by atoms with Gasteiger partial charge in [-0.05, 0) is 61.5 Å². The third kappa shape index (κ3) is 5.69. The van der Waals surface area contributed by atoms with Crippen molar-refractivity contribution in [3.05, 3.63) is 112 Å². The lowest BCUT2D eigenvalue weighted by molar-refractivity contribution is -0.117. The number of hydrazone groups is 1. The Morgan fingerprint density at radius 2 is 1.87 bits per heavy atom. The summed E-state index contributed by atoms with van der Waals surface area (Å²) in [4.78, 5) is 39.2. The van der Waals surface area contributed by atoms with Gasteiger partial charge in [-0.2, -0.15) is 5.10 Å². The smallest absolute Gasteiger partial charge is 0.282 e. The van der Waals surface area contributed by atoms with E-state index < -0.39 is 27.6 Å². The van der Waals surface area contributed by atoms with Gasteiger partial charge >= 0.3 is 0 Å². The number of ketones is 1. The van der Waals surface area contributed by atoms with Gasteiger partial charge in [-0.1, -0.05) is 35.9 Å². The molecule has 1 aliphatic carbocycles. The second-order valence-electron chi connectivity index (χ2n) is 10.5. The Hall–Kier alpha value is -4.94. The number of amides is 2. The van der Waals surface area contributed by atoms with Crippen molar-refractivity contribution in [2.45, 2.75) is 31.2 Å². The molecule has 1 aromatic heterocycles. The molecule has 2 aliphatic rings. The van der Waals surface area contributed by atoms with Crippen molar-refractivity contribution < 1.29 is 31.6 Å². The maximum atomic E-state index is 14.9. The normalized spacial score (nSPS) is 15.1. The molecule has 0 unspecified atom stereocenters. The van der Waals surface area contributed by atoms with Gasteiger partial charge in [-0.3, -0.25) is 14.4 Å². The van der Waals surface area contributed by atoms with Crippen molar-refractivity contribution in [1.29, 1.82) is 0 Å². The standard InChI is InChI=1S/C32H23ClF2N4O5S/c1-18-13-29(41)39(36-18)22-5-4-6-23(16-22)45(43,44)37-32(42)31-30(24-7-2-3-8-28(24)40)25-15-20(33)9-12-27(25)38(31)17-19-14-21(34)10-11-26(19)35/h2-7,9-12,14-16H,8,13,17H2,1H3,(H,37,42). The number of aromatic nitrogens is 1. The molecule has 0 bridgehead atoms. The summed E-state index contributed by atoms with van der Waals surface area (Å²) in [6, 6.07) is 12.8. The summed E-state index contributed by atoms with van der Waals surface area (Å²) in [6.07, 6.45) is 4.87. The molecule has 2 amide bonds. The van der Waals surface area contributed by atoms with Gasteiger partial charge in [-0.25, -0.2) is 26.9 Å². The molecule has 1 N–H and O–H groups in total. The quantitative estimate of drug-likeness (QED) is 0.273. The summed E-state index contributed by atoms with van der Waals surface area (Å²) in [5, 5.41) is 5.82. The van der Waals surface area contributed by atoms with Crippen molar-refractivity contribution in [2.24, 2.45) is 5.10 Å². The number of nitrogens with zero attached hydrogens (tertiary/aromatic N) is 3. The van der Waals surface area contributed by atoms with E-state index in [0.29, 0.717) is 16.6 Å². The topological polar surface area (TPSA) is 118 Å². The summed E-state index contributed by atoms with van der Waals surface area (Å²) < 4.78 is 59.7. The van der Waals surface area contributed by atoms with Crippen LogP contribution in [0.15, 0.2) is 88.9 Å². The first-order valence-electron chi connectivity index (χ1n) is 13.6. The lowest BCUT2D eigenvalue weighted by Crippen LogP contribution is -2.33. The van der Waals surface area contributed by atoms with Gasteiger partial charge in [0.05, 0.1) is 23.5 Å². The molecule has 0 saturated carbocycles. The largest absolute Gasteiger partial charge is 0.331 e. The number of anilines is 1. The number of Topliss-reactive ketones (excluding diaryl/α,β-unsaturated/α-hetero) is 1. The summed E-state index contributed by atoms with van der Waals surface area (Å²) in [5.74, 6) is -3.29. The van der Waals surface area contributed by atoms with E-state index in [0.717, 1.165) is 23.2 Å². The van der Waals surface area contributed by atoms with Crippen LogP contribution in [0.2, 0.25) is 5.02 Å². The van der Waals surface area contributed by atoms with Gasteiger partial charge in [0.1, 0.15) is 17.3 Å². The SMILES string of the molecule is CC1=NN(c2cccc(S(=O)(=O)NC(=O)c3c(C4=CC=CCC4=O)c4cc(Cl)ccc4n3Cc3cc(F)ccc3F)c2)C(=O)C1. The minimum absolute atomic E-state index is 0.0287. The zero-order chi connectivity index (χ0) is 32.0. The minimum Gasteiger partial charge on any atom is -0.331 e. The van der Waals surface area contributed by atoms with Gasteiger partial charge in [0.15, 0.2) is 5.78 Å². The molecule has 45 heavy (non-hydrogen) atoms. The Labute approximate surface area is 261 Å². The Balaban J connectivity index is 1.50. The van der Waals surface area contributed by atoms with Gasteiger partial charge in [0.2, 0.25) is 0 Å². The van der Waals surface area contributed by atoms with E-state index in [4.69, 9.17) is 11.6 Å². The van der Waals surface area contributed by atoms with Crippen LogP contribution < -0.4 is 9.73 Å². The zero-order valence-corrected chi connectivity index (χ0v) is 25.1. The van der Waals surface area contributed by atoms with E-state index in [-0.39, 0.29) is 69.1 Å². The molecule has 3 aromatic carbocycles. The van der Waals surface area contributed by atoms with E-state index in [1.54, 1.807) is 25.1 Å². The van der Waals surface area contributed by atoms with E-state index in [9.17, 15) is 31.6 Å². The monoisotopic (exact) mass is 648 g/mol. The second kappa shape index (κ2) is 11.5. The van der Waals surface area contributed by atoms with Crippen molar-refractivity contribution in [3.8, 4) is 0 Å². The first-order chi connectivity index (χ1) is 21.4. The Kier molecular flexibility index (Phi) is 7.71. The molecule has 9 nitrogen and oxygen atoms in total. The lowest BCUT2D eigenvalue weighted by atomic mass is 9.93. The number of allylic oxidation sites excluding steroid dienone is 4. The summed E-state index contributed by atoms with van der Waals surface area (Å²) in [6.45, 7) is 1.28. The second-order valence-corrected chi connectivity index (χ2v) is 12.6. The highest BCUT2D eigenvalue weighted by Gasteiger charge is 2.32. The summed E-state index contributed by atoms with van der Waals surface area (Å²) >= 11 is 6.32. The summed E-state index contributed by atoms with van der Waals surface area (Å²) in [7, 11) is -4.58. The predicted molar refractivity (Wildman–Crippen MR) is 165 cm³/mol. The predicted octanol–water partition coefficient (Wildman–Crippen LogP) is 5.76. The van der Waals surface area contributed by atoms with Crippen LogP contribution in [-0.4, -0.2) is 36.3 Å². The molecular formula is C32H23ClF2N4O5S. The molecule has 4 aromatic rings. The van der Waals surface area contributed by atoms with Crippen LogP contribution in [0.3, 0.4) is 0 Å². The Morgan fingerprint density at radius 3 is 2.60 bits per heavy atom. The van der Waals surface area contributed by atoms with Crippen LogP contribution in [0.4, 0.5) is 14.5 Å². The van der Waals surface area contributed by atoms with Crippen molar-refractivity contribution in [2.75, 3.05) is 5.01 Å². The number of fused-ring (bicyclic) bond motifs is 1. The van der Waals surface area contributed by atoms with Crippen LogP contribution in [-0.2, 0) is 26.2 Å². The van der Waals surface area contributed by atoms with Gasteiger partial charge in [0.25, 0.3) is 21.8 Å². The third-order valence-electron chi connectivity index (χ3n) is 7.36. The average molecular weight is 649 g/mol. The number of hydrogen-bond donors (Lipinski definition) is 1. The molecule has 0 fully saturated rings. The highest BCUT2D eigenvalue weighted by atomic mass is 35.5. The number of hydrogen-bond acceptors (Lipinski definition) is 6. The first-order valence-corrected chi connectivity index (χ1v) is 15.5. The number of rotatable bonds is 7. The summed E-state index contributed by atoms with van der Waals surface area (Å²) in [5.41, 5.74) is 0.877. The van der Waals surface area contributed by atoms with Crippen LogP contribution >= 0.6 is 11.6 Å². The Bertz CT molecular complexity index is 2150. The van der Waals surface area contributed by atoms with E-state index in [1.165, 1.54) is 47.0 Å². The minimum atomic E-state index is -4.58. The fourth-order valence-corrected chi connectivity index (χ4v) is 6.53. The number of halogens is 3. The average Bonchev–Trinajstić information content (AvgIpc) is 3.50. The Morgan fingerprint density at radius 1 is 1.07 bits per heavy atom. The molecule has 0 saturated heterocycles. The number of nitrogens with one attached hydrogen (secondary N) is 1. The molecule has 6 rings (SSSR count). The number of carbonyl (C=O) groups is 3. The van der Waals surface area contributed by atoms with Gasteiger partial charge < -0.3 is 4.57 Å². The van der Waals surface area contributed by atoms with E-state index in [1.807, 2.05) is 0 Å². The van der Waals surface area contributed by atoms with Crippen LogP contribution in [0.25, 0.3) is 16.5 Å². The molecule has 228 valence electrons. The molecule has 0 atom stereocenters. The highest BCUT2D eigenvalue weighted by molar-refractivity contribution is 7.90. The highest BCUT2D eigenvalue weighted by Crippen LogP contribution is 2.37. The molecule has 0 radical (unpaired) electrons. The van der Waals surface area contributed by atoms with E-state index in [2.05, 4.69) is 9.82 Å². The van der Waals surface area contributed by atoms with E-state index >= 15 is 0 Å². The fraction of sp³-hybridized carbons (Fsp3) is 0.125. The van der Waals surface area contributed by atoms with Gasteiger partial charge in [0, 0.05) is 44.8 Å². The van der Waals surface area contributed by atoms with Crippen LogP contribution in [0.5, 0.6) is 0 Å². The number of carbonyl (C=O) groups excluding carboxylic acids is 3. The molecule has 1 aliphatic heterocycles.